The Hall–Kier alpha value is -0.540. The summed E-state index contributed by atoms with van der Waals surface area (Å²) in [5.74, 6) is -0.0735. The second-order valence-electron chi connectivity index (χ2n) is 4.09. The average Bonchev–Trinajstić information content (AvgIpc) is 2.36. The predicted octanol–water partition coefficient (Wildman–Crippen LogP) is 4.02. The van der Waals surface area contributed by atoms with Gasteiger partial charge in [0.2, 0.25) is 0 Å². The summed E-state index contributed by atoms with van der Waals surface area (Å²) in [4.78, 5) is 12.1. The van der Waals surface area contributed by atoms with Crippen LogP contribution in [0.3, 0.4) is 0 Å². The van der Waals surface area contributed by atoms with Crippen LogP contribution in [0, 0.1) is 0 Å². The first-order valence-electron chi connectivity index (χ1n) is 5.71. The summed E-state index contributed by atoms with van der Waals surface area (Å²) in [5, 5.41) is 4.41. The van der Waals surface area contributed by atoms with Crippen molar-refractivity contribution in [2.24, 2.45) is 0 Å². The Morgan fingerprint density at radius 2 is 2.06 bits per heavy atom. The molecule has 1 amide bonds. The number of hydrogen-bond donors (Lipinski definition) is 1. The lowest BCUT2D eigenvalue weighted by molar-refractivity contribution is 0.0903. The second kappa shape index (κ2) is 6.41. The van der Waals surface area contributed by atoms with Gasteiger partial charge >= 0.3 is 0 Å². The molecule has 0 heterocycles. The zero-order valence-electron chi connectivity index (χ0n) is 10.1. The fraction of sp³-hybridized carbons (Fsp3) is 0.462. The Balaban J connectivity index is 2.84. The molecule has 1 aromatic rings. The van der Waals surface area contributed by atoms with Crippen LogP contribution in [0.4, 0.5) is 0 Å². The zero-order chi connectivity index (χ0) is 12.9. The van der Waals surface area contributed by atoms with Gasteiger partial charge in [0.15, 0.2) is 0 Å². The van der Waals surface area contributed by atoms with Crippen molar-refractivity contribution in [2.45, 2.75) is 32.2 Å². The van der Waals surface area contributed by atoms with Gasteiger partial charge in [-0.2, -0.15) is 0 Å². The molecule has 1 rings (SSSR count). The maximum absolute atomic E-state index is 12.1. The van der Waals surface area contributed by atoms with Crippen LogP contribution in [-0.2, 0) is 0 Å². The highest BCUT2D eigenvalue weighted by Gasteiger charge is 2.27. The van der Waals surface area contributed by atoms with Crippen LogP contribution in [0.1, 0.15) is 37.0 Å². The summed E-state index contributed by atoms with van der Waals surface area (Å²) in [6.07, 6.45) is 1.78. The first-order chi connectivity index (χ1) is 8.06. The van der Waals surface area contributed by atoms with Crippen LogP contribution in [-0.4, -0.2) is 16.8 Å². The molecule has 17 heavy (non-hydrogen) atoms. The van der Waals surface area contributed by atoms with Gasteiger partial charge in [0.05, 0.1) is 0 Å². The molecule has 4 heteroatoms. The van der Waals surface area contributed by atoms with Crippen molar-refractivity contribution < 1.29 is 4.79 Å². The third-order valence-electron chi connectivity index (χ3n) is 3.07. The molecule has 0 fully saturated rings. The fourth-order valence-corrected chi connectivity index (χ4v) is 2.72. The molecule has 1 aromatic carbocycles. The van der Waals surface area contributed by atoms with Crippen molar-refractivity contribution in [3.8, 4) is 0 Å². The molecular weight excluding hydrogens is 302 g/mol. The topological polar surface area (TPSA) is 29.1 Å². The Morgan fingerprint density at radius 1 is 1.41 bits per heavy atom. The van der Waals surface area contributed by atoms with E-state index in [1.807, 2.05) is 0 Å². The lowest BCUT2D eigenvalue weighted by Gasteiger charge is -2.30. The molecule has 0 radical (unpaired) electrons. The van der Waals surface area contributed by atoms with Gasteiger partial charge in [-0.05, 0) is 31.0 Å². The van der Waals surface area contributed by atoms with Crippen LogP contribution in [0.25, 0.3) is 0 Å². The van der Waals surface area contributed by atoms with Gasteiger partial charge in [-0.3, -0.25) is 4.79 Å². The normalized spacial score (nSPS) is 11.3. The van der Waals surface area contributed by atoms with Crippen LogP contribution >= 0.6 is 27.5 Å². The largest absolute Gasteiger partial charge is 0.346 e. The van der Waals surface area contributed by atoms with Gasteiger partial charge in [-0.25, -0.2) is 0 Å². The average molecular weight is 319 g/mol. The molecule has 0 spiro atoms. The highest BCUT2D eigenvalue weighted by atomic mass is 79.9. The fourth-order valence-electron chi connectivity index (χ4n) is 1.59. The van der Waals surface area contributed by atoms with Gasteiger partial charge in [-0.1, -0.05) is 47.4 Å². The van der Waals surface area contributed by atoms with Gasteiger partial charge in [0, 0.05) is 21.5 Å². The Bertz CT molecular complexity index is 382. The number of amides is 1. The quantitative estimate of drug-likeness (QED) is 0.816. The van der Waals surface area contributed by atoms with Crippen molar-refractivity contribution >= 4 is 33.4 Å². The molecule has 94 valence electrons. The highest BCUT2D eigenvalue weighted by molar-refractivity contribution is 9.09. The van der Waals surface area contributed by atoms with Crippen LogP contribution < -0.4 is 5.32 Å². The van der Waals surface area contributed by atoms with Crippen molar-refractivity contribution in [2.75, 3.05) is 5.33 Å². The number of carbonyl (C=O) groups excluding carboxylic acids is 1. The van der Waals surface area contributed by atoms with Crippen molar-refractivity contribution in [1.82, 2.24) is 5.32 Å². The zero-order valence-corrected chi connectivity index (χ0v) is 12.4. The molecule has 0 bridgehead atoms. The summed E-state index contributed by atoms with van der Waals surface area (Å²) in [5.41, 5.74) is 0.420. The standard InChI is InChI=1S/C13H17BrClNO/c1-3-13(4-2,9-14)16-12(17)10-6-5-7-11(15)8-10/h5-8H,3-4,9H2,1-2H3,(H,16,17). The molecular formula is C13H17BrClNO. The first kappa shape index (κ1) is 14.5. The van der Waals surface area contributed by atoms with Gasteiger partial charge in [-0.15, -0.1) is 0 Å². The van der Waals surface area contributed by atoms with E-state index in [2.05, 4.69) is 35.1 Å². The van der Waals surface area contributed by atoms with Crippen molar-refractivity contribution in [1.29, 1.82) is 0 Å². The number of carbonyl (C=O) groups is 1. The van der Waals surface area contributed by atoms with Crippen molar-refractivity contribution in [3.63, 3.8) is 0 Å². The van der Waals surface area contributed by atoms with Crippen LogP contribution in [0.5, 0.6) is 0 Å². The van der Waals surface area contributed by atoms with Crippen LogP contribution in [0.2, 0.25) is 5.02 Å². The number of halogens is 2. The monoisotopic (exact) mass is 317 g/mol. The molecule has 0 aliphatic rings. The summed E-state index contributed by atoms with van der Waals surface area (Å²) < 4.78 is 0. The van der Waals surface area contributed by atoms with Gasteiger partial charge < -0.3 is 5.32 Å². The number of nitrogens with one attached hydrogen (secondary N) is 1. The van der Waals surface area contributed by atoms with E-state index in [9.17, 15) is 4.79 Å². The predicted molar refractivity (Wildman–Crippen MR) is 76.0 cm³/mol. The van der Waals surface area contributed by atoms with E-state index in [4.69, 9.17) is 11.6 Å². The number of hydrogen-bond acceptors (Lipinski definition) is 1. The number of alkyl halides is 1. The molecule has 0 aliphatic carbocycles. The van der Waals surface area contributed by atoms with Crippen molar-refractivity contribution in [3.05, 3.63) is 34.9 Å². The summed E-state index contributed by atoms with van der Waals surface area (Å²) in [6.45, 7) is 4.14. The molecule has 0 unspecified atom stereocenters. The lowest BCUT2D eigenvalue weighted by atomic mass is 9.95. The molecule has 0 aliphatic heterocycles. The van der Waals surface area contributed by atoms with Gasteiger partial charge in [0.1, 0.15) is 0 Å². The molecule has 1 N–H and O–H groups in total. The van der Waals surface area contributed by atoms with Crippen LogP contribution in [0.15, 0.2) is 24.3 Å². The number of rotatable bonds is 5. The Kier molecular flexibility index (Phi) is 5.47. The van der Waals surface area contributed by atoms with E-state index in [-0.39, 0.29) is 11.4 Å². The van der Waals surface area contributed by atoms with Gasteiger partial charge in [0.25, 0.3) is 5.91 Å². The molecule has 0 atom stereocenters. The minimum atomic E-state index is -0.181. The summed E-state index contributed by atoms with van der Waals surface area (Å²) in [7, 11) is 0. The minimum Gasteiger partial charge on any atom is -0.346 e. The molecule has 0 aromatic heterocycles. The maximum atomic E-state index is 12.1. The summed E-state index contributed by atoms with van der Waals surface area (Å²) >= 11 is 9.34. The smallest absolute Gasteiger partial charge is 0.251 e. The minimum absolute atomic E-state index is 0.0735. The van der Waals surface area contributed by atoms with E-state index in [1.165, 1.54) is 0 Å². The third kappa shape index (κ3) is 3.71. The number of benzene rings is 1. The highest BCUT2D eigenvalue weighted by Crippen LogP contribution is 2.19. The van der Waals surface area contributed by atoms with E-state index in [1.54, 1.807) is 24.3 Å². The van der Waals surface area contributed by atoms with E-state index < -0.39 is 0 Å². The lowest BCUT2D eigenvalue weighted by Crippen LogP contribution is -2.49. The maximum Gasteiger partial charge on any atom is 0.251 e. The molecule has 0 saturated carbocycles. The Morgan fingerprint density at radius 3 is 2.53 bits per heavy atom. The molecule has 2 nitrogen and oxygen atoms in total. The Labute approximate surface area is 116 Å². The second-order valence-corrected chi connectivity index (χ2v) is 5.08. The van der Waals surface area contributed by atoms with E-state index in [0.29, 0.717) is 10.6 Å². The van der Waals surface area contributed by atoms with E-state index >= 15 is 0 Å². The van der Waals surface area contributed by atoms with E-state index in [0.717, 1.165) is 18.2 Å². The SMILES string of the molecule is CCC(CC)(CBr)NC(=O)c1cccc(Cl)c1. The third-order valence-corrected chi connectivity index (χ3v) is 4.38. The molecule has 0 saturated heterocycles. The summed E-state index contributed by atoms with van der Waals surface area (Å²) in [6, 6.07) is 6.99. The first-order valence-corrected chi connectivity index (χ1v) is 7.21.